The minimum absolute atomic E-state index is 0.00200. The van der Waals surface area contributed by atoms with Crippen molar-refractivity contribution in [3.05, 3.63) is 52.0 Å². The Balaban J connectivity index is 1.93. The lowest BCUT2D eigenvalue weighted by Gasteiger charge is -2.07. The van der Waals surface area contributed by atoms with Gasteiger partial charge in [-0.3, -0.25) is 15.0 Å². The third-order valence-electron chi connectivity index (χ3n) is 2.46. The van der Waals surface area contributed by atoms with Gasteiger partial charge < -0.3 is 4.74 Å². The molecule has 0 radical (unpaired) electrons. The van der Waals surface area contributed by atoms with E-state index < -0.39 is 10.7 Å². The summed E-state index contributed by atoms with van der Waals surface area (Å²) < 4.78 is 18.1. The van der Waals surface area contributed by atoms with Gasteiger partial charge in [-0.1, -0.05) is 0 Å². The molecule has 21 heavy (non-hydrogen) atoms. The van der Waals surface area contributed by atoms with Crippen LogP contribution < -0.4 is 10.2 Å². The summed E-state index contributed by atoms with van der Waals surface area (Å²) in [6, 6.07) is 5.78. The highest BCUT2D eigenvalue weighted by Gasteiger charge is 2.08. The second-order valence-corrected chi connectivity index (χ2v) is 3.87. The molecule has 0 bridgehead atoms. The molecule has 1 aromatic heterocycles. The molecule has 0 saturated heterocycles. The molecule has 0 aliphatic heterocycles. The Labute approximate surface area is 118 Å². The normalized spacial score (nSPS) is 10.2. The fourth-order valence-corrected chi connectivity index (χ4v) is 1.42. The minimum atomic E-state index is -0.695. The number of nitrogens with zero attached hydrogens (tertiary/aromatic N) is 3. The van der Waals surface area contributed by atoms with E-state index in [1.165, 1.54) is 31.4 Å². The van der Waals surface area contributed by atoms with E-state index in [1.807, 2.05) is 0 Å². The monoisotopic (exact) mass is 294 g/mol. The number of non-ortho nitro benzene ring substituents is 1. The lowest BCUT2D eigenvalue weighted by Crippen LogP contribution is -2.07. The van der Waals surface area contributed by atoms with E-state index in [4.69, 9.17) is 9.57 Å². The van der Waals surface area contributed by atoms with Crippen LogP contribution in [0.3, 0.4) is 0 Å². The van der Waals surface area contributed by atoms with Gasteiger partial charge in [0, 0.05) is 12.1 Å². The first-order valence-electron chi connectivity index (χ1n) is 5.78. The standard InChI is InChI=1S/C12H11FN4O4/c1-20-12-14-6-10(13)11(15-12)16-21-7-8-2-4-9(5-3-8)17(18)19/h2-6H,7H2,1H3,(H,14,15,16). The minimum Gasteiger partial charge on any atom is -0.467 e. The van der Waals surface area contributed by atoms with Crippen LogP contribution in [0.1, 0.15) is 5.56 Å². The highest BCUT2D eigenvalue weighted by atomic mass is 19.1. The average molecular weight is 294 g/mol. The van der Waals surface area contributed by atoms with Gasteiger partial charge in [-0.25, -0.2) is 14.9 Å². The molecule has 110 valence electrons. The molecule has 1 heterocycles. The first-order chi connectivity index (χ1) is 10.1. The number of nitro groups is 1. The maximum atomic E-state index is 13.4. The van der Waals surface area contributed by atoms with Crippen LogP contribution in [-0.2, 0) is 11.4 Å². The van der Waals surface area contributed by atoms with E-state index in [-0.39, 0.29) is 24.1 Å². The van der Waals surface area contributed by atoms with Gasteiger partial charge in [-0.05, 0) is 17.7 Å². The van der Waals surface area contributed by atoms with E-state index in [9.17, 15) is 14.5 Å². The largest absolute Gasteiger partial charge is 0.467 e. The van der Waals surface area contributed by atoms with Crippen LogP contribution in [0.15, 0.2) is 30.5 Å². The number of anilines is 1. The summed E-state index contributed by atoms with van der Waals surface area (Å²) in [5.41, 5.74) is 2.99. The first kappa shape index (κ1) is 14.6. The number of nitro benzene ring substituents is 1. The number of aromatic nitrogens is 2. The van der Waals surface area contributed by atoms with Crippen molar-refractivity contribution in [2.24, 2.45) is 0 Å². The molecule has 0 unspecified atom stereocenters. The molecule has 0 fully saturated rings. The fraction of sp³-hybridized carbons (Fsp3) is 0.167. The van der Waals surface area contributed by atoms with Gasteiger partial charge in [0.2, 0.25) is 0 Å². The molecular formula is C12H11FN4O4. The molecule has 8 nitrogen and oxygen atoms in total. The molecular weight excluding hydrogens is 283 g/mol. The van der Waals surface area contributed by atoms with Gasteiger partial charge in [-0.15, -0.1) is 0 Å². The number of halogens is 1. The number of hydrogen-bond donors (Lipinski definition) is 1. The van der Waals surface area contributed by atoms with Crippen molar-refractivity contribution < 1.29 is 18.9 Å². The Morgan fingerprint density at radius 3 is 2.71 bits per heavy atom. The number of nitrogens with one attached hydrogen (secondary N) is 1. The lowest BCUT2D eigenvalue weighted by molar-refractivity contribution is -0.384. The molecule has 2 aromatic rings. The lowest BCUT2D eigenvalue weighted by atomic mass is 10.2. The van der Waals surface area contributed by atoms with Crippen LogP contribution in [0.5, 0.6) is 6.01 Å². The SMILES string of the molecule is COc1ncc(F)c(NOCc2ccc([N+](=O)[O-])cc2)n1. The fourth-order valence-electron chi connectivity index (χ4n) is 1.42. The van der Waals surface area contributed by atoms with Gasteiger partial charge >= 0.3 is 6.01 Å². The van der Waals surface area contributed by atoms with Crippen LogP contribution in [0, 0.1) is 15.9 Å². The molecule has 0 spiro atoms. The second kappa shape index (κ2) is 6.57. The number of methoxy groups -OCH3 is 1. The highest BCUT2D eigenvalue weighted by Crippen LogP contribution is 2.15. The van der Waals surface area contributed by atoms with E-state index >= 15 is 0 Å². The quantitative estimate of drug-likeness (QED) is 0.643. The summed E-state index contributed by atoms with van der Waals surface area (Å²) in [5.74, 6) is -0.858. The number of benzene rings is 1. The second-order valence-electron chi connectivity index (χ2n) is 3.87. The van der Waals surface area contributed by atoms with Gasteiger partial charge in [0.25, 0.3) is 5.69 Å². The van der Waals surface area contributed by atoms with Crippen LogP contribution >= 0.6 is 0 Å². The van der Waals surface area contributed by atoms with Crippen LogP contribution in [0.4, 0.5) is 15.9 Å². The summed E-state index contributed by atoms with van der Waals surface area (Å²) in [7, 11) is 1.36. The third kappa shape index (κ3) is 3.83. The van der Waals surface area contributed by atoms with E-state index in [2.05, 4.69) is 15.4 Å². The predicted molar refractivity (Wildman–Crippen MR) is 70.1 cm³/mol. The molecule has 1 N–H and O–H groups in total. The first-order valence-corrected chi connectivity index (χ1v) is 5.78. The molecule has 0 saturated carbocycles. The molecule has 1 aromatic carbocycles. The Kier molecular flexibility index (Phi) is 4.57. The predicted octanol–water partition coefficient (Wildman–Crippen LogP) is 2.08. The highest BCUT2D eigenvalue weighted by molar-refractivity contribution is 5.34. The summed E-state index contributed by atoms with van der Waals surface area (Å²) in [6.45, 7) is 0.0732. The summed E-state index contributed by atoms with van der Waals surface area (Å²) >= 11 is 0. The van der Waals surface area contributed by atoms with E-state index in [1.54, 1.807) is 0 Å². The van der Waals surface area contributed by atoms with Crippen LogP contribution in [0.2, 0.25) is 0 Å². The maximum Gasteiger partial charge on any atom is 0.318 e. The Hall–Kier alpha value is -2.81. The van der Waals surface area contributed by atoms with Crippen molar-refractivity contribution in [1.82, 2.24) is 9.97 Å². The van der Waals surface area contributed by atoms with Crippen molar-refractivity contribution in [1.29, 1.82) is 0 Å². The van der Waals surface area contributed by atoms with Crippen molar-refractivity contribution in [3.8, 4) is 6.01 Å². The zero-order chi connectivity index (χ0) is 15.2. The molecule has 2 rings (SSSR count). The van der Waals surface area contributed by atoms with Gasteiger partial charge in [0.1, 0.15) is 0 Å². The number of hydrogen-bond acceptors (Lipinski definition) is 7. The van der Waals surface area contributed by atoms with Crippen molar-refractivity contribution in [3.63, 3.8) is 0 Å². The molecule has 0 aliphatic carbocycles. The average Bonchev–Trinajstić information content (AvgIpc) is 2.49. The Morgan fingerprint density at radius 1 is 1.38 bits per heavy atom. The summed E-state index contributed by atoms with van der Waals surface area (Å²) in [6.07, 6.45) is 0.948. The van der Waals surface area contributed by atoms with Gasteiger partial charge in [0.05, 0.1) is 24.8 Å². The third-order valence-corrected chi connectivity index (χ3v) is 2.46. The van der Waals surface area contributed by atoms with Gasteiger partial charge in [0.15, 0.2) is 11.6 Å². The smallest absolute Gasteiger partial charge is 0.318 e. The summed E-state index contributed by atoms with van der Waals surface area (Å²) in [5, 5.41) is 10.5. The molecule has 9 heteroatoms. The molecule has 0 aliphatic rings. The Bertz CT molecular complexity index is 636. The van der Waals surface area contributed by atoms with E-state index in [0.29, 0.717) is 5.56 Å². The van der Waals surface area contributed by atoms with Crippen molar-refractivity contribution >= 4 is 11.5 Å². The van der Waals surface area contributed by atoms with Gasteiger partial charge in [-0.2, -0.15) is 4.98 Å². The number of ether oxygens (including phenoxy) is 1. The van der Waals surface area contributed by atoms with Crippen molar-refractivity contribution in [2.75, 3.05) is 12.6 Å². The summed E-state index contributed by atoms with van der Waals surface area (Å²) in [4.78, 5) is 22.4. The molecule has 0 amide bonds. The van der Waals surface area contributed by atoms with Crippen LogP contribution in [-0.4, -0.2) is 22.0 Å². The van der Waals surface area contributed by atoms with E-state index in [0.717, 1.165) is 6.20 Å². The Morgan fingerprint density at radius 2 is 2.10 bits per heavy atom. The zero-order valence-electron chi connectivity index (χ0n) is 10.9. The molecule has 0 atom stereocenters. The zero-order valence-corrected chi connectivity index (χ0v) is 10.9. The van der Waals surface area contributed by atoms with Crippen LogP contribution in [0.25, 0.3) is 0 Å². The van der Waals surface area contributed by atoms with Crippen molar-refractivity contribution in [2.45, 2.75) is 6.61 Å². The number of rotatable bonds is 6. The topological polar surface area (TPSA) is 99.4 Å². The maximum absolute atomic E-state index is 13.4.